The summed E-state index contributed by atoms with van der Waals surface area (Å²) in [5.41, 5.74) is 5.16. The summed E-state index contributed by atoms with van der Waals surface area (Å²) in [7, 11) is -3.35. The molecule has 1 aliphatic heterocycles. The fourth-order valence-corrected chi connectivity index (χ4v) is 7.65. The number of fused-ring (bicyclic) bond motifs is 1. The lowest BCUT2D eigenvalue weighted by atomic mass is 9.84. The van der Waals surface area contributed by atoms with Gasteiger partial charge in [-0.25, -0.2) is 9.18 Å². The minimum atomic E-state index is -3.35. The van der Waals surface area contributed by atoms with Gasteiger partial charge in [0.1, 0.15) is 11.4 Å². The van der Waals surface area contributed by atoms with Crippen molar-refractivity contribution in [2.45, 2.75) is 77.3 Å². The Bertz CT molecular complexity index is 1620. The summed E-state index contributed by atoms with van der Waals surface area (Å²) in [5.74, 6) is -1.71. The first-order valence-corrected chi connectivity index (χ1v) is 16.9. The standard InChI is InChI=1S/C36H45FN2O6S/c1-23-16-28-18-26(8-7-15-38-35(42)45-36(4,5)6)10-14-33(28)46(43,44)39(21-23)22-29-19-27(11-9-24(29)2)32(20-34(40)41)31-13-12-30(37)17-25(31)3/h7-14,17-19,23,32,43-44H,15-16,20-22H2,1-6H3,(H,38,42)(H,40,41). The lowest BCUT2D eigenvalue weighted by Gasteiger charge is -2.43. The Labute approximate surface area is 272 Å². The highest BCUT2D eigenvalue weighted by Gasteiger charge is 2.33. The molecule has 4 rings (SSSR count). The van der Waals surface area contributed by atoms with Crippen LogP contribution in [-0.2, 0) is 22.5 Å². The number of aryl methyl sites for hydroxylation is 2. The molecule has 2 unspecified atom stereocenters. The number of alkyl carbamates (subject to hydrolysis) is 1. The quantitative estimate of drug-likeness (QED) is 0.184. The number of rotatable bonds is 9. The van der Waals surface area contributed by atoms with Crippen LogP contribution in [0, 0.1) is 25.6 Å². The molecule has 0 aromatic heterocycles. The Morgan fingerprint density at radius 1 is 1.09 bits per heavy atom. The zero-order chi connectivity index (χ0) is 33.8. The molecule has 0 spiro atoms. The van der Waals surface area contributed by atoms with Gasteiger partial charge in [0.2, 0.25) is 0 Å². The monoisotopic (exact) mass is 652 g/mol. The molecule has 0 radical (unpaired) electrons. The molecule has 4 N–H and O–H groups in total. The van der Waals surface area contributed by atoms with Crippen LogP contribution in [0.2, 0.25) is 0 Å². The average Bonchev–Trinajstić information content (AvgIpc) is 3.02. The number of aliphatic carboxylic acids is 1. The molecule has 8 nitrogen and oxygen atoms in total. The van der Waals surface area contributed by atoms with Crippen molar-refractivity contribution in [3.63, 3.8) is 0 Å². The molecule has 10 heteroatoms. The first kappa shape index (κ1) is 35.2. The summed E-state index contributed by atoms with van der Waals surface area (Å²) in [4.78, 5) is 24.3. The third kappa shape index (κ3) is 8.97. The Morgan fingerprint density at radius 2 is 1.83 bits per heavy atom. The molecule has 1 aliphatic rings. The molecule has 0 bridgehead atoms. The van der Waals surface area contributed by atoms with Gasteiger partial charge < -0.3 is 15.2 Å². The van der Waals surface area contributed by atoms with Gasteiger partial charge >= 0.3 is 12.1 Å². The summed E-state index contributed by atoms with van der Waals surface area (Å²) in [5, 5.41) is 12.4. The Kier molecular flexibility index (Phi) is 11.0. The van der Waals surface area contributed by atoms with Crippen molar-refractivity contribution in [3.05, 3.63) is 105 Å². The van der Waals surface area contributed by atoms with E-state index in [9.17, 15) is 28.2 Å². The molecule has 248 valence electrons. The zero-order valence-corrected chi connectivity index (χ0v) is 28.2. The van der Waals surface area contributed by atoms with Crippen molar-refractivity contribution in [3.8, 4) is 0 Å². The van der Waals surface area contributed by atoms with Crippen molar-refractivity contribution in [1.82, 2.24) is 9.62 Å². The Balaban J connectivity index is 1.58. The number of hydrogen-bond donors (Lipinski definition) is 4. The molecule has 46 heavy (non-hydrogen) atoms. The number of carboxylic acid groups (broad SMARTS) is 1. The Hall–Kier alpha value is -3.70. The van der Waals surface area contributed by atoms with E-state index in [1.165, 1.54) is 12.1 Å². The first-order valence-electron chi connectivity index (χ1n) is 15.4. The fourth-order valence-electron chi connectivity index (χ4n) is 5.85. The predicted molar refractivity (Wildman–Crippen MR) is 181 cm³/mol. The van der Waals surface area contributed by atoms with Gasteiger partial charge in [0.25, 0.3) is 0 Å². The van der Waals surface area contributed by atoms with Crippen LogP contribution in [0.4, 0.5) is 9.18 Å². The van der Waals surface area contributed by atoms with Crippen molar-refractivity contribution < 1.29 is 32.9 Å². The number of carbonyl (C=O) groups excluding carboxylic acids is 1. The number of carboxylic acids is 1. The fraction of sp³-hybridized carbons (Fsp3) is 0.389. The second-order valence-corrected chi connectivity index (χ2v) is 15.1. The lowest BCUT2D eigenvalue weighted by molar-refractivity contribution is -0.137. The third-order valence-electron chi connectivity index (χ3n) is 8.01. The number of nitrogens with zero attached hydrogens (tertiary/aromatic N) is 1. The second kappa shape index (κ2) is 14.4. The van der Waals surface area contributed by atoms with E-state index in [0.29, 0.717) is 23.4 Å². The number of benzene rings is 3. The number of amides is 1. The maximum atomic E-state index is 13.9. The van der Waals surface area contributed by atoms with Gasteiger partial charge in [0.15, 0.2) is 0 Å². The van der Waals surface area contributed by atoms with E-state index in [-0.39, 0.29) is 31.2 Å². The third-order valence-corrected chi connectivity index (χ3v) is 9.99. The predicted octanol–water partition coefficient (Wildman–Crippen LogP) is 8.31. The molecule has 2 atom stereocenters. The largest absolute Gasteiger partial charge is 0.481 e. The summed E-state index contributed by atoms with van der Waals surface area (Å²) < 4.78 is 44.3. The molecule has 0 aliphatic carbocycles. The van der Waals surface area contributed by atoms with E-state index in [4.69, 9.17) is 4.74 Å². The lowest BCUT2D eigenvalue weighted by Crippen LogP contribution is -2.32. The average molecular weight is 653 g/mol. The van der Waals surface area contributed by atoms with Crippen LogP contribution in [0.3, 0.4) is 0 Å². The van der Waals surface area contributed by atoms with Crippen LogP contribution in [0.5, 0.6) is 0 Å². The minimum absolute atomic E-state index is 0.116. The minimum Gasteiger partial charge on any atom is -0.481 e. The van der Waals surface area contributed by atoms with Crippen LogP contribution in [-0.4, -0.2) is 49.3 Å². The van der Waals surface area contributed by atoms with Gasteiger partial charge in [-0.15, -0.1) is 10.8 Å². The zero-order valence-electron chi connectivity index (χ0n) is 27.3. The van der Waals surface area contributed by atoms with Gasteiger partial charge in [-0.05, 0) is 110 Å². The second-order valence-electron chi connectivity index (χ2n) is 13.1. The van der Waals surface area contributed by atoms with E-state index < -0.39 is 34.4 Å². The maximum absolute atomic E-state index is 13.9. The molecule has 1 amide bonds. The molecular weight excluding hydrogens is 607 g/mol. The van der Waals surface area contributed by atoms with Gasteiger partial charge in [-0.1, -0.05) is 49.4 Å². The molecule has 0 saturated carbocycles. The van der Waals surface area contributed by atoms with E-state index in [2.05, 4.69) is 12.2 Å². The number of hydrogen-bond acceptors (Lipinski definition) is 6. The van der Waals surface area contributed by atoms with Gasteiger partial charge in [-0.3, -0.25) is 13.9 Å². The highest BCUT2D eigenvalue weighted by Crippen LogP contribution is 2.56. The van der Waals surface area contributed by atoms with E-state index in [1.807, 2.05) is 49.4 Å². The highest BCUT2D eigenvalue weighted by molar-refractivity contribution is 8.22. The summed E-state index contributed by atoms with van der Waals surface area (Å²) in [6, 6.07) is 15.7. The summed E-state index contributed by atoms with van der Waals surface area (Å²) >= 11 is 0. The normalized spacial score (nSPS) is 18.0. The van der Waals surface area contributed by atoms with Crippen LogP contribution in [0.25, 0.3) is 6.08 Å². The number of carbonyl (C=O) groups is 2. The number of ether oxygens (including phenoxy) is 1. The van der Waals surface area contributed by atoms with Gasteiger partial charge in [0.05, 0.1) is 11.3 Å². The van der Waals surface area contributed by atoms with Crippen LogP contribution in [0.1, 0.15) is 79.0 Å². The molecular formula is C36H45FN2O6S. The van der Waals surface area contributed by atoms with Crippen molar-refractivity contribution in [2.24, 2.45) is 5.92 Å². The van der Waals surface area contributed by atoms with E-state index >= 15 is 0 Å². The molecule has 3 aromatic carbocycles. The van der Waals surface area contributed by atoms with Crippen LogP contribution >= 0.6 is 10.8 Å². The number of nitrogens with one attached hydrogen (secondary N) is 1. The first-order chi connectivity index (χ1) is 21.5. The van der Waals surface area contributed by atoms with Gasteiger partial charge in [0, 0.05) is 25.6 Å². The SMILES string of the molecule is Cc1ccc(C(CC(=O)O)c2ccc(F)cc2C)cc1CN1CC(C)Cc2cc(C=CCNC(=O)OC(C)(C)C)ccc2S1(O)O. The van der Waals surface area contributed by atoms with Crippen molar-refractivity contribution in [2.75, 3.05) is 13.1 Å². The summed E-state index contributed by atoms with van der Waals surface area (Å²) in [6.45, 7) is 12.2. The van der Waals surface area contributed by atoms with Crippen molar-refractivity contribution >= 4 is 28.9 Å². The van der Waals surface area contributed by atoms with Crippen LogP contribution in [0.15, 0.2) is 65.6 Å². The van der Waals surface area contributed by atoms with E-state index in [0.717, 1.165) is 33.4 Å². The molecule has 1 heterocycles. The van der Waals surface area contributed by atoms with Crippen molar-refractivity contribution in [1.29, 1.82) is 0 Å². The maximum Gasteiger partial charge on any atom is 0.407 e. The Morgan fingerprint density at radius 3 is 2.50 bits per heavy atom. The van der Waals surface area contributed by atoms with Gasteiger partial charge in [-0.2, -0.15) is 4.31 Å². The molecule has 0 fully saturated rings. The molecule has 0 saturated heterocycles. The summed E-state index contributed by atoms with van der Waals surface area (Å²) in [6.07, 6.45) is 3.69. The highest BCUT2D eigenvalue weighted by atomic mass is 32.3. The smallest absolute Gasteiger partial charge is 0.407 e. The molecule has 3 aromatic rings. The topological polar surface area (TPSA) is 119 Å². The number of halogens is 1. The van der Waals surface area contributed by atoms with E-state index in [1.54, 1.807) is 44.1 Å². The van der Waals surface area contributed by atoms with Crippen LogP contribution < -0.4 is 5.32 Å².